The number of nitrogens with two attached hydrogens (primary N) is 1. The number of nitrogens with zero attached hydrogens (tertiary/aromatic N) is 5. The Bertz CT molecular complexity index is 1030. The van der Waals surface area contributed by atoms with Gasteiger partial charge in [0, 0.05) is 30.6 Å². The summed E-state index contributed by atoms with van der Waals surface area (Å²) >= 11 is 0. The third-order valence-electron chi connectivity index (χ3n) is 5.31. The lowest BCUT2D eigenvalue weighted by Crippen LogP contribution is -2.35. The zero-order valence-corrected chi connectivity index (χ0v) is 15.2. The third kappa shape index (κ3) is 3.16. The molecule has 9 nitrogen and oxygen atoms in total. The fraction of sp³-hybridized carbons (Fsp3) is 0.389. The molecule has 29 heavy (non-hydrogen) atoms. The van der Waals surface area contributed by atoms with E-state index in [-0.39, 0.29) is 28.1 Å². The molecule has 3 N–H and O–H groups in total. The summed E-state index contributed by atoms with van der Waals surface area (Å²) in [6.45, 7) is -2.62. The Labute approximate surface area is 164 Å². The highest BCUT2D eigenvalue weighted by Crippen LogP contribution is 2.51. The average molecular weight is 401 g/mol. The van der Waals surface area contributed by atoms with Crippen molar-refractivity contribution in [1.29, 1.82) is 5.26 Å². The number of aromatic nitrogens is 3. The van der Waals surface area contributed by atoms with Crippen molar-refractivity contribution < 1.29 is 18.4 Å². The minimum Gasteiger partial charge on any atom is -0.364 e. The van der Waals surface area contributed by atoms with Gasteiger partial charge < -0.3 is 16.0 Å². The van der Waals surface area contributed by atoms with E-state index in [9.17, 15) is 23.6 Å². The van der Waals surface area contributed by atoms with Crippen LogP contribution < -0.4 is 16.0 Å². The van der Waals surface area contributed by atoms with E-state index in [1.165, 1.54) is 6.20 Å². The molecule has 150 valence electrons. The third-order valence-corrected chi connectivity index (χ3v) is 5.31. The van der Waals surface area contributed by atoms with Crippen molar-refractivity contribution in [3.8, 4) is 6.07 Å². The molecule has 0 bridgehead atoms. The van der Waals surface area contributed by atoms with Crippen molar-refractivity contribution in [2.45, 2.75) is 25.8 Å². The van der Waals surface area contributed by atoms with Crippen molar-refractivity contribution in [2.24, 2.45) is 17.1 Å². The SMILES string of the molecule is N#C[C@@]1(C2CC2)CCN(c2ccnc(Nc3cc(C(N)=O)n(C(F)F)n3)c2)C1=O. The molecular weight excluding hydrogens is 384 g/mol. The Morgan fingerprint density at radius 3 is 2.72 bits per heavy atom. The number of nitrogens with one attached hydrogen (secondary N) is 1. The molecule has 3 heterocycles. The van der Waals surface area contributed by atoms with E-state index in [0.717, 1.165) is 18.9 Å². The van der Waals surface area contributed by atoms with E-state index >= 15 is 0 Å². The first-order valence-electron chi connectivity index (χ1n) is 8.99. The lowest BCUT2D eigenvalue weighted by molar-refractivity contribution is -0.123. The predicted octanol–water partition coefficient (Wildman–Crippen LogP) is 2.17. The zero-order chi connectivity index (χ0) is 20.8. The van der Waals surface area contributed by atoms with Crippen molar-refractivity contribution >= 4 is 29.1 Å². The van der Waals surface area contributed by atoms with Crippen LogP contribution in [0.3, 0.4) is 0 Å². The minimum absolute atomic E-state index is 0.0409. The van der Waals surface area contributed by atoms with Crippen LogP contribution in [0.5, 0.6) is 0 Å². The van der Waals surface area contributed by atoms with Gasteiger partial charge in [0.15, 0.2) is 5.82 Å². The lowest BCUT2D eigenvalue weighted by Gasteiger charge is -2.21. The fourth-order valence-corrected chi connectivity index (χ4v) is 3.71. The van der Waals surface area contributed by atoms with Crippen molar-refractivity contribution in [3.05, 3.63) is 30.1 Å². The summed E-state index contributed by atoms with van der Waals surface area (Å²) in [7, 11) is 0. The van der Waals surface area contributed by atoms with Crippen LogP contribution in [0.2, 0.25) is 0 Å². The van der Waals surface area contributed by atoms with Crippen LogP contribution >= 0.6 is 0 Å². The van der Waals surface area contributed by atoms with Crippen molar-refractivity contribution in [3.63, 3.8) is 0 Å². The molecule has 2 aliphatic rings. The molecule has 0 spiro atoms. The topological polar surface area (TPSA) is 130 Å². The molecule has 1 aliphatic carbocycles. The van der Waals surface area contributed by atoms with Crippen LogP contribution in [0.15, 0.2) is 24.4 Å². The fourth-order valence-electron chi connectivity index (χ4n) is 3.71. The van der Waals surface area contributed by atoms with Crippen LogP contribution in [0, 0.1) is 22.7 Å². The van der Waals surface area contributed by atoms with E-state index < -0.39 is 23.6 Å². The Morgan fingerprint density at radius 2 is 2.14 bits per heavy atom. The van der Waals surface area contributed by atoms with Gasteiger partial charge in [0.1, 0.15) is 16.9 Å². The Kier molecular flexibility index (Phi) is 4.41. The van der Waals surface area contributed by atoms with E-state index in [1.807, 2.05) is 0 Å². The van der Waals surface area contributed by atoms with Gasteiger partial charge in [-0.1, -0.05) is 0 Å². The van der Waals surface area contributed by atoms with E-state index in [0.29, 0.717) is 18.7 Å². The van der Waals surface area contributed by atoms with Gasteiger partial charge in [0.2, 0.25) is 5.91 Å². The number of rotatable bonds is 6. The second-order valence-electron chi connectivity index (χ2n) is 7.09. The summed E-state index contributed by atoms with van der Waals surface area (Å²) in [4.78, 5) is 29.9. The number of amides is 2. The normalized spacial score (nSPS) is 21.4. The van der Waals surface area contributed by atoms with Gasteiger partial charge in [-0.25, -0.2) is 4.98 Å². The number of primary amides is 1. The van der Waals surface area contributed by atoms with Gasteiger partial charge in [-0.3, -0.25) is 9.59 Å². The second kappa shape index (κ2) is 6.80. The van der Waals surface area contributed by atoms with Gasteiger partial charge in [0.05, 0.1) is 6.07 Å². The van der Waals surface area contributed by atoms with Crippen LogP contribution in [-0.2, 0) is 4.79 Å². The molecule has 11 heteroatoms. The standard InChI is InChI=1S/C18H17F2N7O2/c19-17(20)27-12(15(22)28)8-14(25-27)24-13-7-11(3-5-23-13)26-6-4-18(9-21,16(26)29)10-1-2-10/h3,5,7-8,10,17H,1-2,4,6H2,(H2,22,28)(H,23,24,25)/t18-/m1/s1. The quantitative estimate of drug-likeness (QED) is 0.763. The van der Waals surface area contributed by atoms with E-state index in [1.54, 1.807) is 17.0 Å². The second-order valence-corrected chi connectivity index (χ2v) is 7.09. The summed E-state index contributed by atoms with van der Waals surface area (Å²) in [5.41, 5.74) is 4.22. The number of carbonyl (C=O) groups is 2. The highest BCUT2D eigenvalue weighted by Gasteiger charge is 2.56. The van der Waals surface area contributed by atoms with Crippen molar-refractivity contribution in [1.82, 2.24) is 14.8 Å². The number of anilines is 3. The molecule has 1 saturated carbocycles. The lowest BCUT2D eigenvalue weighted by atomic mass is 9.83. The molecule has 4 rings (SSSR count). The molecule has 0 radical (unpaired) electrons. The highest BCUT2D eigenvalue weighted by atomic mass is 19.3. The Balaban J connectivity index is 1.58. The average Bonchev–Trinajstić information content (AvgIpc) is 3.36. The summed E-state index contributed by atoms with van der Waals surface area (Å²) in [5, 5.41) is 16.0. The van der Waals surface area contributed by atoms with Gasteiger partial charge >= 0.3 is 6.55 Å². The van der Waals surface area contributed by atoms with E-state index in [2.05, 4.69) is 21.5 Å². The largest absolute Gasteiger partial charge is 0.364 e. The number of hydrogen-bond acceptors (Lipinski definition) is 6. The van der Waals surface area contributed by atoms with E-state index in [4.69, 9.17) is 5.73 Å². The Hall–Kier alpha value is -3.55. The molecule has 2 aromatic heterocycles. The number of alkyl halides is 2. The van der Waals surface area contributed by atoms with Crippen LogP contribution in [0.25, 0.3) is 0 Å². The monoisotopic (exact) mass is 401 g/mol. The molecule has 2 fully saturated rings. The maximum atomic E-state index is 13.0. The maximum Gasteiger partial charge on any atom is 0.334 e. The summed E-state index contributed by atoms with van der Waals surface area (Å²) in [5.74, 6) is -0.956. The first-order chi connectivity index (χ1) is 13.9. The number of carbonyl (C=O) groups excluding carboxylic acids is 2. The van der Waals surface area contributed by atoms with Crippen molar-refractivity contribution in [2.75, 3.05) is 16.8 Å². The molecule has 1 atom stereocenters. The number of halogens is 2. The van der Waals surface area contributed by atoms with Gasteiger partial charge in [-0.05, 0) is 31.2 Å². The first-order valence-corrected chi connectivity index (χ1v) is 8.99. The molecule has 2 aromatic rings. The molecule has 1 saturated heterocycles. The molecule has 2 amide bonds. The molecule has 0 unspecified atom stereocenters. The summed E-state index contributed by atoms with van der Waals surface area (Å²) in [6.07, 6.45) is 3.68. The number of nitriles is 1. The maximum absolute atomic E-state index is 13.0. The molecule has 1 aliphatic heterocycles. The van der Waals surface area contributed by atoms with Gasteiger partial charge in [-0.15, -0.1) is 5.10 Å². The summed E-state index contributed by atoms with van der Waals surface area (Å²) < 4.78 is 26.2. The number of hydrogen-bond donors (Lipinski definition) is 2. The molecular formula is C18H17F2N7O2. The minimum atomic E-state index is -3.03. The first kappa shape index (κ1) is 18.8. The Morgan fingerprint density at radius 1 is 1.38 bits per heavy atom. The highest BCUT2D eigenvalue weighted by molar-refractivity contribution is 6.02. The van der Waals surface area contributed by atoms with Gasteiger partial charge in [-0.2, -0.15) is 18.7 Å². The summed E-state index contributed by atoms with van der Waals surface area (Å²) in [6, 6.07) is 6.51. The smallest absolute Gasteiger partial charge is 0.334 e. The van der Waals surface area contributed by atoms with Crippen LogP contribution in [0.4, 0.5) is 26.1 Å². The zero-order valence-electron chi connectivity index (χ0n) is 15.2. The molecule has 0 aromatic carbocycles. The van der Waals surface area contributed by atoms with Crippen LogP contribution in [-0.4, -0.2) is 33.1 Å². The van der Waals surface area contributed by atoms with Gasteiger partial charge in [0.25, 0.3) is 5.91 Å². The number of pyridine rings is 1. The van der Waals surface area contributed by atoms with Crippen LogP contribution in [0.1, 0.15) is 36.3 Å². The predicted molar refractivity (Wildman–Crippen MR) is 97.3 cm³/mol.